The van der Waals surface area contributed by atoms with E-state index in [-0.39, 0.29) is 11.8 Å². The van der Waals surface area contributed by atoms with Crippen molar-refractivity contribution >= 4 is 0 Å². The molecule has 0 spiro atoms. The summed E-state index contributed by atoms with van der Waals surface area (Å²) in [6.07, 6.45) is 0. The molecule has 0 aliphatic carbocycles. The zero-order valence-corrected chi connectivity index (χ0v) is 7.92. The molecule has 4 heteroatoms. The van der Waals surface area contributed by atoms with Gasteiger partial charge in [0, 0.05) is 6.04 Å². The van der Waals surface area contributed by atoms with E-state index in [9.17, 15) is 4.39 Å². The fraction of sp³-hybridized carbons (Fsp3) is 0.400. The molecule has 0 amide bonds. The summed E-state index contributed by atoms with van der Waals surface area (Å²) in [5.41, 5.74) is 6.37. The Labute approximate surface area is 81.6 Å². The summed E-state index contributed by atoms with van der Waals surface area (Å²) < 4.78 is 23.9. The van der Waals surface area contributed by atoms with Crippen LogP contribution >= 0.6 is 0 Å². The normalized spacial score (nSPS) is 16.5. The first-order valence-corrected chi connectivity index (χ1v) is 4.53. The Balaban J connectivity index is 2.46. The van der Waals surface area contributed by atoms with Gasteiger partial charge in [0.15, 0.2) is 17.3 Å². The smallest absolute Gasteiger partial charge is 0.197 e. The summed E-state index contributed by atoms with van der Waals surface area (Å²) in [6.45, 7) is 2.64. The summed E-state index contributed by atoms with van der Waals surface area (Å²) in [4.78, 5) is 0. The molecule has 76 valence electrons. The summed E-state index contributed by atoms with van der Waals surface area (Å²) in [5, 5.41) is 0. The van der Waals surface area contributed by atoms with Crippen LogP contribution in [-0.4, -0.2) is 13.2 Å². The van der Waals surface area contributed by atoms with Gasteiger partial charge in [0.2, 0.25) is 0 Å². The number of rotatable bonds is 1. The predicted molar refractivity (Wildman–Crippen MR) is 50.0 cm³/mol. The van der Waals surface area contributed by atoms with E-state index in [0.717, 1.165) is 0 Å². The number of hydrogen-bond acceptors (Lipinski definition) is 3. The fourth-order valence-electron chi connectivity index (χ4n) is 1.39. The monoisotopic (exact) mass is 197 g/mol. The van der Waals surface area contributed by atoms with E-state index in [4.69, 9.17) is 15.2 Å². The number of fused-ring (bicyclic) bond motifs is 1. The number of hydrogen-bond donors (Lipinski definition) is 1. The number of benzene rings is 1. The van der Waals surface area contributed by atoms with Crippen molar-refractivity contribution < 1.29 is 13.9 Å². The molecule has 2 N–H and O–H groups in total. The van der Waals surface area contributed by atoms with Gasteiger partial charge in [-0.05, 0) is 24.6 Å². The van der Waals surface area contributed by atoms with Crippen molar-refractivity contribution in [3.8, 4) is 11.5 Å². The maximum atomic E-state index is 13.4. The van der Waals surface area contributed by atoms with Crippen LogP contribution < -0.4 is 15.2 Å². The molecule has 2 rings (SSSR count). The summed E-state index contributed by atoms with van der Waals surface area (Å²) in [7, 11) is 0. The standard InChI is InChI=1S/C10H12FNO2/c1-6(12)7-4-8(11)10-9(5-7)13-2-3-14-10/h4-6H,2-3,12H2,1H3. The predicted octanol–water partition coefficient (Wildman–Crippen LogP) is 1.62. The highest BCUT2D eigenvalue weighted by Gasteiger charge is 2.18. The van der Waals surface area contributed by atoms with Crippen LogP contribution in [0.1, 0.15) is 18.5 Å². The minimum atomic E-state index is -0.408. The zero-order valence-electron chi connectivity index (χ0n) is 7.92. The highest BCUT2D eigenvalue weighted by atomic mass is 19.1. The van der Waals surface area contributed by atoms with Crippen LogP contribution in [0.3, 0.4) is 0 Å². The number of halogens is 1. The average Bonchev–Trinajstić information content (AvgIpc) is 2.17. The second-order valence-corrected chi connectivity index (χ2v) is 3.32. The lowest BCUT2D eigenvalue weighted by atomic mass is 10.1. The van der Waals surface area contributed by atoms with Crippen molar-refractivity contribution in [2.45, 2.75) is 13.0 Å². The van der Waals surface area contributed by atoms with E-state index in [2.05, 4.69) is 0 Å². The highest BCUT2D eigenvalue weighted by molar-refractivity contribution is 5.45. The molecule has 0 bridgehead atoms. The fourth-order valence-corrected chi connectivity index (χ4v) is 1.39. The van der Waals surface area contributed by atoms with Crippen LogP contribution in [0.5, 0.6) is 11.5 Å². The van der Waals surface area contributed by atoms with Gasteiger partial charge in [-0.3, -0.25) is 0 Å². The average molecular weight is 197 g/mol. The van der Waals surface area contributed by atoms with Gasteiger partial charge in [-0.1, -0.05) is 0 Å². The molecule has 0 radical (unpaired) electrons. The van der Waals surface area contributed by atoms with E-state index < -0.39 is 5.82 Å². The third kappa shape index (κ3) is 1.53. The summed E-state index contributed by atoms with van der Waals surface area (Å²) >= 11 is 0. The second-order valence-electron chi connectivity index (χ2n) is 3.32. The first-order valence-electron chi connectivity index (χ1n) is 4.53. The van der Waals surface area contributed by atoms with Gasteiger partial charge < -0.3 is 15.2 Å². The van der Waals surface area contributed by atoms with Crippen molar-refractivity contribution in [2.75, 3.05) is 13.2 Å². The molecule has 1 atom stereocenters. The van der Waals surface area contributed by atoms with Crippen molar-refractivity contribution in [2.24, 2.45) is 5.73 Å². The molecule has 1 aliphatic rings. The van der Waals surface area contributed by atoms with E-state index in [0.29, 0.717) is 24.5 Å². The Hall–Kier alpha value is -1.29. The third-order valence-electron chi connectivity index (χ3n) is 2.14. The topological polar surface area (TPSA) is 44.5 Å². The molecule has 3 nitrogen and oxygen atoms in total. The molecular weight excluding hydrogens is 185 g/mol. The van der Waals surface area contributed by atoms with Crippen molar-refractivity contribution in [1.82, 2.24) is 0 Å². The molecule has 0 saturated carbocycles. The maximum absolute atomic E-state index is 13.4. The van der Waals surface area contributed by atoms with E-state index in [1.165, 1.54) is 6.07 Å². The van der Waals surface area contributed by atoms with Crippen LogP contribution in [0.4, 0.5) is 4.39 Å². The van der Waals surface area contributed by atoms with Crippen LogP contribution in [-0.2, 0) is 0 Å². The molecule has 1 aromatic rings. The zero-order chi connectivity index (χ0) is 10.1. The van der Waals surface area contributed by atoms with E-state index >= 15 is 0 Å². The third-order valence-corrected chi connectivity index (χ3v) is 2.14. The van der Waals surface area contributed by atoms with Crippen LogP contribution in [0.15, 0.2) is 12.1 Å². The SMILES string of the molecule is CC(N)c1cc(F)c2c(c1)OCCO2. The number of ether oxygens (including phenoxy) is 2. The number of nitrogens with two attached hydrogens (primary N) is 1. The largest absolute Gasteiger partial charge is 0.486 e. The molecule has 1 aromatic carbocycles. The van der Waals surface area contributed by atoms with E-state index in [1.807, 2.05) is 0 Å². The lowest BCUT2D eigenvalue weighted by Crippen LogP contribution is -2.17. The maximum Gasteiger partial charge on any atom is 0.197 e. The van der Waals surface area contributed by atoms with Crippen LogP contribution in [0.2, 0.25) is 0 Å². The quantitative estimate of drug-likeness (QED) is 0.744. The van der Waals surface area contributed by atoms with Gasteiger partial charge in [-0.25, -0.2) is 4.39 Å². The molecular formula is C10H12FNO2. The van der Waals surface area contributed by atoms with E-state index in [1.54, 1.807) is 13.0 Å². The van der Waals surface area contributed by atoms with Crippen LogP contribution in [0, 0.1) is 5.82 Å². The Morgan fingerprint density at radius 1 is 1.36 bits per heavy atom. The molecule has 14 heavy (non-hydrogen) atoms. The van der Waals surface area contributed by atoms with Crippen molar-refractivity contribution in [1.29, 1.82) is 0 Å². The summed E-state index contributed by atoms with van der Waals surface area (Å²) in [5.74, 6) is 0.235. The van der Waals surface area contributed by atoms with Crippen LogP contribution in [0.25, 0.3) is 0 Å². The molecule has 0 fully saturated rings. The Bertz CT molecular complexity index is 352. The Kier molecular flexibility index (Phi) is 2.29. The first-order chi connectivity index (χ1) is 6.68. The lowest BCUT2D eigenvalue weighted by Gasteiger charge is -2.20. The molecule has 1 heterocycles. The van der Waals surface area contributed by atoms with Gasteiger partial charge in [0.05, 0.1) is 0 Å². The van der Waals surface area contributed by atoms with Crippen molar-refractivity contribution in [3.63, 3.8) is 0 Å². The summed E-state index contributed by atoms with van der Waals surface area (Å²) in [6, 6.07) is 2.90. The van der Waals surface area contributed by atoms with Gasteiger partial charge >= 0.3 is 0 Å². The Morgan fingerprint density at radius 2 is 2.07 bits per heavy atom. The van der Waals surface area contributed by atoms with Gasteiger partial charge in [0.25, 0.3) is 0 Å². The van der Waals surface area contributed by atoms with Gasteiger partial charge in [0.1, 0.15) is 13.2 Å². The first kappa shape index (κ1) is 9.27. The van der Waals surface area contributed by atoms with Gasteiger partial charge in [-0.2, -0.15) is 0 Å². The van der Waals surface area contributed by atoms with Gasteiger partial charge in [-0.15, -0.1) is 0 Å². The Morgan fingerprint density at radius 3 is 2.79 bits per heavy atom. The van der Waals surface area contributed by atoms with Crippen molar-refractivity contribution in [3.05, 3.63) is 23.5 Å². The lowest BCUT2D eigenvalue weighted by molar-refractivity contribution is 0.164. The molecule has 1 unspecified atom stereocenters. The molecule has 1 aliphatic heterocycles. The minimum absolute atomic E-state index is 0.195. The second kappa shape index (κ2) is 3.46. The minimum Gasteiger partial charge on any atom is -0.486 e. The molecule has 0 saturated heterocycles. The molecule has 0 aromatic heterocycles. The highest BCUT2D eigenvalue weighted by Crippen LogP contribution is 2.35.